The molecule has 1 atom stereocenters. The van der Waals surface area contributed by atoms with E-state index < -0.39 is 0 Å². The van der Waals surface area contributed by atoms with Gasteiger partial charge in [-0.15, -0.1) is 0 Å². The van der Waals surface area contributed by atoms with E-state index in [9.17, 15) is 4.79 Å². The van der Waals surface area contributed by atoms with Gasteiger partial charge in [-0.3, -0.25) is 4.79 Å². The van der Waals surface area contributed by atoms with Crippen LogP contribution in [0.5, 0.6) is 0 Å². The molecule has 1 unspecified atom stereocenters. The summed E-state index contributed by atoms with van der Waals surface area (Å²) in [4.78, 5) is 11.7. The standard InChI is InChI=1S/C15H20N2O3/c1-3-19-11-12(2)20-9-8-15(18)17-14-6-4-13(10-16)5-7-14/h4-7,12H,3,8-9,11H2,1-2H3,(H,17,18). The lowest BCUT2D eigenvalue weighted by molar-refractivity contribution is -0.118. The molecular formula is C15H20N2O3. The maximum Gasteiger partial charge on any atom is 0.226 e. The fourth-order valence-electron chi connectivity index (χ4n) is 1.54. The van der Waals surface area contributed by atoms with Gasteiger partial charge in [-0.25, -0.2) is 0 Å². The van der Waals surface area contributed by atoms with E-state index in [0.29, 0.717) is 31.1 Å². The molecule has 0 saturated carbocycles. The third-order valence-corrected chi connectivity index (χ3v) is 2.59. The molecule has 1 N–H and O–H groups in total. The average molecular weight is 276 g/mol. The van der Waals surface area contributed by atoms with Crippen molar-refractivity contribution in [2.45, 2.75) is 26.4 Å². The topological polar surface area (TPSA) is 71.3 Å². The Morgan fingerprint density at radius 3 is 2.70 bits per heavy atom. The van der Waals surface area contributed by atoms with Crippen molar-refractivity contribution >= 4 is 11.6 Å². The van der Waals surface area contributed by atoms with E-state index in [4.69, 9.17) is 14.7 Å². The number of benzene rings is 1. The van der Waals surface area contributed by atoms with Crippen molar-refractivity contribution in [1.29, 1.82) is 5.26 Å². The SMILES string of the molecule is CCOCC(C)OCCC(=O)Nc1ccc(C#N)cc1. The van der Waals surface area contributed by atoms with Crippen molar-refractivity contribution in [1.82, 2.24) is 0 Å². The monoisotopic (exact) mass is 276 g/mol. The molecule has 0 aliphatic carbocycles. The summed E-state index contributed by atoms with van der Waals surface area (Å²) in [6.45, 7) is 5.39. The molecule has 0 radical (unpaired) electrons. The smallest absolute Gasteiger partial charge is 0.226 e. The van der Waals surface area contributed by atoms with Crippen molar-refractivity contribution in [3.05, 3.63) is 29.8 Å². The zero-order valence-electron chi connectivity index (χ0n) is 11.9. The molecule has 0 spiro atoms. The molecule has 0 aliphatic heterocycles. The number of nitrogens with zero attached hydrogens (tertiary/aromatic N) is 1. The maximum absolute atomic E-state index is 11.7. The second-order valence-electron chi connectivity index (χ2n) is 4.33. The Labute approximate surface area is 119 Å². The van der Waals surface area contributed by atoms with Gasteiger partial charge < -0.3 is 14.8 Å². The van der Waals surface area contributed by atoms with Crippen molar-refractivity contribution in [3.63, 3.8) is 0 Å². The van der Waals surface area contributed by atoms with Crippen molar-refractivity contribution in [2.24, 2.45) is 0 Å². The number of hydrogen-bond donors (Lipinski definition) is 1. The summed E-state index contributed by atoms with van der Waals surface area (Å²) >= 11 is 0. The Bertz CT molecular complexity index is 451. The summed E-state index contributed by atoms with van der Waals surface area (Å²) in [5.41, 5.74) is 1.24. The second kappa shape index (κ2) is 9.08. The molecule has 1 aromatic carbocycles. The van der Waals surface area contributed by atoms with E-state index in [0.717, 1.165) is 0 Å². The lowest BCUT2D eigenvalue weighted by Crippen LogP contribution is -2.20. The zero-order chi connectivity index (χ0) is 14.8. The van der Waals surface area contributed by atoms with E-state index >= 15 is 0 Å². The highest BCUT2D eigenvalue weighted by molar-refractivity contribution is 5.90. The molecule has 0 heterocycles. The summed E-state index contributed by atoms with van der Waals surface area (Å²) in [6, 6.07) is 8.76. The summed E-state index contributed by atoms with van der Waals surface area (Å²) < 4.78 is 10.7. The third-order valence-electron chi connectivity index (χ3n) is 2.59. The van der Waals surface area contributed by atoms with Crippen LogP contribution >= 0.6 is 0 Å². The first-order valence-electron chi connectivity index (χ1n) is 6.65. The number of carbonyl (C=O) groups excluding carboxylic acids is 1. The lowest BCUT2D eigenvalue weighted by Gasteiger charge is -2.12. The number of amides is 1. The molecule has 0 bridgehead atoms. The van der Waals surface area contributed by atoms with E-state index in [1.807, 2.05) is 19.9 Å². The minimum atomic E-state index is -0.113. The molecule has 0 fully saturated rings. The normalized spacial score (nSPS) is 11.7. The Morgan fingerprint density at radius 1 is 1.40 bits per heavy atom. The molecule has 1 aromatic rings. The van der Waals surface area contributed by atoms with Gasteiger partial charge in [0.25, 0.3) is 0 Å². The van der Waals surface area contributed by atoms with E-state index in [2.05, 4.69) is 5.32 Å². The van der Waals surface area contributed by atoms with Gasteiger partial charge in [0.1, 0.15) is 0 Å². The maximum atomic E-state index is 11.7. The number of anilines is 1. The second-order valence-corrected chi connectivity index (χ2v) is 4.33. The molecule has 5 nitrogen and oxygen atoms in total. The fraction of sp³-hybridized carbons (Fsp3) is 0.467. The van der Waals surface area contributed by atoms with Gasteiger partial charge in [-0.05, 0) is 38.1 Å². The van der Waals surface area contributed by atoms with Gasteiger partial charge in [-0.2, -0.15) is 5.26 Å². The lowest BCUT2D eigenvalue weighted by atomic mass is 10.2. The Morgan fingerprint density at radius 2 is 2.10 bits per heavy atom. The summed E-state index contributed by atoms with van der Waals surface area (Å²) in [6.07, 6.45) is 0.272. The van der Waals surface area contributed by atoms with Gasteiger partial charge in [0, 0.05) is 12.3 Å². The van der Waals surface area contributed by atoms with Crippen LogP contribution in [0, 0.1) is 11.3 Å². The highest BCUT2D eigenvalue weighted by Crippen LogP contribution is 2.09. The number of nitriles is 1. The predicted molar refractivity (Wildman–Crippen MR) is 76.3 cm³/mol. The van der Waals surface area contributed by atoms with Crippen molar-refractivity contribution in [3.8, 4) is 6.07 Å². The van der Waals surface area contributed by atoms with Crippen molar-refractivity contribution < 1.29 is 14.3 Å². The molecule has 1 rings (SSSR count). The van der Waals surface area contributed by atoms with E-state index in [-0.39, 0.29) is 18.4 Å². The van der Waals surface area contributed by atoms with Crippen LogP contribution in [0.4, 0.5) is 5.69 Å². The highest BCUT2D eigenvalue weighted by atomic mass is 16.5. The van der Waals surface area contributed by atoms with Crippen LogP contribution < -0.4 is 5.32 Å². The predicted octanol–water partition coefficient (Wildman–Crippen LogP) is 2.33. The quantitative estimate of drug-likeness (QED) is 0.791. The zero-order valence-corrected chi connectivity index (χ0v) is 11.9. The first-order chi connectivity index (χ1) is 9.65. The summed E-state index contributed by atoms with van der Waals surface area (Å²) in [5.74, 6) is -0.113. The van der Waals surface area contributed by atoms with Gasteiger partial charge in [0.2, 0.25) is 5.91 Å². The van der Waals surface area contributed by atoms with Crippen LogP contribution in [0.3, 0.4) is 0 Å². The van der Waals surface area contributed by atoms with Gasteiger partial charge in [0.15, 0.2) is 0 Å². The van der Waals surface area contributed by atoms with Crippen LogP contribution in [0.15, 0.2) is 24.3 Å². The molecular weight excluding hydrogens is 256 g/mol. The summed E-state index contributed by atoms with van der Waals surface area (Å²) in [7, 11) is 0. The number of rotatable bonds is 8. The van der Waals surface area contributed by atoms with Gasteiger partial charge >= 0.3 is 0 Å². The van der Waals surface area contributed by atoms with Crippen LogP contribution in [0.2, 0.25) is 0 Å². The number of ether oxygens (including phenoxy) is 2. The highest BCUT2D eigenvalue weighted by Gasteiger charge is 2.06. The number of hydrogen-bond acceptors (Lipinski definition) is 4. The Kier molecular flexibility index (Phi) is 7.33. The van der Waals surface area contributed by atoms with Gasteiger partial charge in [-0.1, -0.05) is 0 Å². The largest absolute Gasteiger partial charge is 0.379 e. The van der Waals surface area contributed by atoms with Crippen LogP contribution in [-0.4, -0.2) is 31.8 Å². The average Bonchev–Trinajstić information content (AvgIpc) is 2.46. The summed E-state index contributed by atoms with van der Waals surface area (Å²) in [5, 5.41) is 11.4. The van der Waals surface area contributed by atoms with Crippen molar-refractivity contribution in [2.75, 3.05) is 25.1 Å². The van der Waals surface area contributed by atoms with E-state index in [1.54, 1.807) is 24.3 Å². The molecule has 5 heteroatoms. The molecule has 0 aliphatic rings. The minimum absolute atomic E-state index is 0.0161. The van der Waals surface area contributed by atoms with Gasteiger partial charge in [0.05, 0.1) is 37.4 Å². The fourth-order valence-corrected chi connectivity index (χ4v) is 1.54. The molecule has 0 saturated heterocycles. The molecule has 1 amide bonds. The van der Waals surface area contributed by atoms with Crippen LogP contribution in [0.1, 0.15) is 25.8 Å². The van der Waals surface area contributed by atoms with Crippen LogP contribution in [-0.2, 0) is 14.3 Å². The molecule has 20 heavy (non-hydrogen) atoms. The first kappa shape index (κ1) is 16.2. The number of carbonyl (C=O) groups is 1. The van der Waals surface area contributed by atoms with E-state index in [1.165, 1.54) is 0 Å². The molecule has 0 aromatic heterocycles. The third kappa shape index (κ3) is 6.32. The minimum Gasteiger partial charge on any atom is -0.379 e. The Balaban J connectivity index is 2.24. The number of nitrogens with one attached hydrogen (secondary N) is 1. The first-order valence-corrected chi connectivity index (χ1v) is 6.65. The van der Waals surface area contributed by atoms with Crippen LogP contribution in [0.25, 0.3) is 0 Å². The Hall–Kier alpha value is -1.90. The molecule has 108 valence electrons.